The van der Waals surface area contributed by atoms with E-state index in [-0.39, 0.29) is 0 Å². The Hall–Kier alpha value is -1.58. The smallest absolute Gasteiger partial charge is 0.127 e. The van der Waals surface area contributed by atoms with Crippen molar-refractivity contribution >= 4 is 10.8 Å². The first-order valence-corrected chi connectivity index (χ1v) is 9.34. The number of aryl methyl sites for hydroxylation is 1. The zero-order chi connectivity index (χ0) is 16.2. The first kappa shape index (κ1) is 15.9. The molecular weight excluding hydrogens is 298 g/mol. The molecule has 3 heteroatoms. The third-order valence-corrected chi connectivity index (χ3v) is 5.17. The van der Waals surface area contributed by atoms with Crippen molar-refractivity contribution in [2.24, 2.45) is 5.92 Å². The fraction of sp³-hybridized carbons (Fsp3) is 0.524. The Bertz CT molecular complexity index is 675. The molecule has 3 nitrogen and oxygen atoms in total. The number of hydrogen-bond donors (Lipinski definition) is 0. The lowest BCUT2D eigenvalue weighted by atomic mass is 10.00. The lowest BCUT2D eigenvalue weighted by Crippen LogP contribution is -2.36. The van der Waals surface area contributed by atoms with Crippen molar-refractivity contribution in [3.8, 4) is 5.75 Å². The molecule has 1 aliphatic heterocycles. The SMILES string of the molecule is c1ccc2c(OCC3CC3)ccc(CCCN3CCOCC3)c2c1. The van der Waals surface area contributed by atoms with Gasteiger partial charge in [0.2, 0.25) is 0 Å². The molecular formula is C21H27NO2. The highest BCUT2D eigenvalue weighted by Crippen LogP contribution is 2.33. The second-order valence-corrected chi connectivity index (χ2v) is 7.08. The van der Waals surface area contributed by atoms with Gasteiger partial charge in [-0.15, -0.1) is 0 Å². The molecule has 0 bridgehead atoms. The van der Waals surface area contributed by atoms with Gasteiger partial charge < -0.3 is 9.47 Å². The summed E-state index contributed by atoms with van der Waals surface area (Å²) in [5.74, 6) is 1.84. The van der Waals surface area contributed by atoms with Gasteiger partial charge in [-0.1, -0.05) is 30.3 Å². The van der Waals surface area contributed by atoms with Crippen LogP contribution >= 0.6 is 0 Å². The summed E-state index contributed by atoms with van der Waals surface area (Å²) in [4.78, 5) is 2.51. The number of rotatable bonds is 7. The van der Waals surface area contributed by atoms with Crippen LogP contribution < -0.4 is 4.74 Å². The molecule has 0 atom stereocenters. The lowest BCUT2D eigenvalue weighted by Gasteiger charge is -2.26. The van der Waals surface area contributed by atoms with Crippen LogP contribution in [-0.2, 0) is 11.2 Å². The molecule has 1 aliphatic carbocycles. The third kappa shape index (κ3) is 3.90. The third-order valence-electron chi connectivity index (χ3n) is 5.17. The number of benzene rings is 2. The Morgan fingerprint density at radius 3 is 2.58 bits per heavy atom. The fourth-order valence-corrected chi connectivity index (χ4v) is 3.49. The van der Waals surface area contributed by atoms with Crippen LogP contribution in [0.5, 0.6) is 5.75 Å². The number of ether oxygens (including phenoxy) is 2. The van der Waals surface area contributed by atoms with Gasteiger partial charge in [0.15, 0.2) is 0 Å². The van der Waals surface area contributed by atoms with Crippen molar-refractivity contribution in [3.05, 3.63) is 42.0 Å². The summed E-state index contributed by atoms with van der Waals surface area (Å²) in [5, 5.41) is 2.62. The standard InChI is InChI=1S/C21H27NO2/c1-2-6-20-19(5-1)18(4-3-11-22-12-14-23-15-13-22)9-10-21(20)24-16-17-7-8-17/h1-2,5-6,9-10,17H,3-4,7-8,11-16H2. The zero-order valence-electron chi connectivity index (χ0n) is 14.4. The molecule has 1 saturated heterocycles. The molecule has 0 amide bonds. The van der Waals surface area contributed by atoms with Gasteiger partial charge in [-0.3, -0.25) is 4.90 Å². The Morgan fingerprint density at radius 2 is 1.79 bits per heavy atom. The Morgan fingerprint density at radius 1 is 1.00 bits per heavy atom. The maximum atomic E-state index is 6.08. The Labute approximate surface area is 144 Å². The van der Waals surface area contributed by atoms with Crippen LogP contribution in [-0.4, -0.2) is 44.4 Å². The van der Waals surface area contributed by atoms with Crippen molar-refractivity contribution in [2.75, 3.05) is 39.5 Å². The minimum atomic E-state index is 0.789. The molecule has 2 aliphatic rings. The minimum Gasteiger partial charge on any atom is -0.493 e. The monoisotopic (exact) mass is 325 g/mol. The summed E-state index contributed by atoms with van der Waals surface area (Å²) in [6.45, 7) is 5.97. The van der Waals surface area contributed by atoms with Crippen LogP contribution in [0.1, 0.15) is 24.8 Å². The summed E-state index contributed by atoms with van der Waals surface area (Å²) >= 11 is 0. The molecule has 24 heavy (non-hydrogen) atoms. The first-order valence-electron chi connectivity index (χ1n) is 9.34. The van der Waals surface area contributed by atoms with E-state index in [1.807, 2.05) is 0 Å². The van der Waals surface area contributed by atoms with Gasteiger partial charge in [0.1, 0.15) is 5.75 Å². The summed E-state index contributed by atoms with van der Waals surface area (Å²) < 4.78 is 11.5. The Balaban J connectivity index is 1.43. The summed E-state index contributed by atoms with van der Waals surface area (Å²) in [7, 11) is 0. The normalized spacial score (nSPS) is 18.8. The minimum absolute atomic E-state index is 0.789. The van der Waals surface area contributed by atoms with E-state index in [1.54, 1.807) is 0 Å². The van der Waals surface area contributed by atoms with Gasteiger partial charge in [-0.05, 0) is 55.2 Å². The van der Waals surface area contributed by atoms with Crippen LogP contribution in [0.2, 0.25) is 0 Å². The molecule has 1 saturated carbocycles. The van der Waals surface area contributed by atoms with Crippen molar-refractivity contribution in [2.45, 2.75) is 25.7 Å². The molecule has 1 heterocycles. The molecule has 128 valence electrons. The lowest BCUT2D eigenvalue weighted by molar-refractivity contribution is 0.0375. The van der Waals surface area contributed by atoms with Crippen LogP contribution in [0.3, 0.4) is 0 Å². The molecule has 2 aromatic carbocycles. The maximum Gasteiger partial charge on any atom is 0.127 e. The maximum absolute atomic E-state index is 6.08. The number of hydrogen-bond acceptors (Lipinski definition) is 3. The fourth-order valence-electron chi connectivity index (χ4n) is 3.49. The largest absolute Gasteiger partial charge is 0.493 e. The van der Waals surface area contributed by atoms with E-state index in [9.17, 15) is 0 Å². The van der Waals surface area contributed by atoms with Gasteiger partial charge in [-0.2, -0.15) is 0 Å². The number of nitrogens with zero attached hydrogens (tertiary/aromatic N) is 1. The average Bonchev–Trinajstić information content (AvgIpc) is 3.46. The van der Waals surface area contributed by atoms with E-state index in [4.69, 9.17) is 9.47 Å². The highest BCUT2D eigenvalue weighted by Gasteiger charge is 2.22. The first-order chi connectivity index (χ1) is 11.9. The molecule has 2 fully saturated rings. The van der Waals surface area contributed by atoms with E-state index in [0.29, 0.717) is 0 Å². The predicted molar refractivity (Wildman–Crippen MR) is 97.7 cm³/mol. The molecule has 2 aromatic rings. The van der Waals surface area contributed by atoms with Gasteiger partial charge in [0.25, 0.3) is 0 Å². The van der Waals surface area contributed by atoms with E-state index < -0.39 is 0 Å². The molecule has 0 N–H and O–H groups in total. The molecule has 4 rings (SSSR count). The molecule has 0 aromatic heterocycles. The topological polar surface area (TPSA) is 21.7 Å². The van der Waals surface area contributed by atoms with Crippen LogP contribution in [0.25, 0.3) is 10.8 Å². The van der Waals surface area contributed by atoms with E-state index in [1.165, 1.54) is 35.6 Å². The van der Waals surface area contributed by atoms with E-state index >= 15 is 0 Å². The van der Waals surface area contributed by atoms with Gasteiger partial charge in [0, 0.05) is 18.5 Å². The summed E-state index contributed by atoms with van der Waals surface area (Å²) in [5.41, 5.74) is 1.44. The van der Waals surface area contributed by atoms with Crippen LogP contribution in [0.15, 0.2) is 36.4 Å². The molecule has 0 spiro atoms. The van der Waals surface area contributed by atoms with Crippen LogP contribution in [0, 0.1) is 5.92 Å². The number of fused-ring (bicyclic) bond motifs is 1. The quantitative estimate of drug-likeness (QED) is 0.771. The summed E-state index contributed by atoms with van der Waals surface area (Å²) in [6, 6.07) is 13.1. The van der Waals surface area contributed by atoms with Gasteiger partial charge in [-0.25, -0.2) is 0 Å². The number of morpholine rings is 1. The summed E-state index contributed by atoms with van der Waals surface area (Å²) in [6.07, 6.45) is 4.99. The molecule has 0 unspecified atom stereocenters. The predicted octanol–water partition coefficient (Wildman–Crippen LogP) is 3.89. The molecule has 0 radical (unpaired) electrons. The Kier molecular flexibility index (Phi) is 5.00. The van der Waals surface area contributed by atoms with Crippen molar-refractivity contribution in [1.82, 2.24) is 4.90 Å². The average molecular weight is 325 g/mol. The van der Waals surface area contributed by atoms with Gasteiger partial charge in [0.05, 0.1) is 19.8 Å². The highest BCUT2D eigenvalue weighted by molar-refractivity contribution is 5.91. The van der Waals surface area contributed by atoms with Gasteiger partial charge >= 0.3 is 0 Å². The van der Waals surface area contributed by atoms with E-state index in [0.717, 1.165) is 57.5 Å². The van der Waals surface area contributed by atoms with Crippen LogP contribution in [0.4, 0.5) is 0 Å². The van der Waals surface area contributed by atoms with E-state index in [2.05, 4.69) is 41.3 Å². The zero-order valence-corrected chi connectivity index (χ0v) is 14.4. The van der Waals surface area contributed by atoms with Crippen molar-refractivity contribution < 1.29 is 9.47 Å². The highest BCUT2D eigenvalue weighted by atomic mass is 16.5. The van der Waals surface area contributed by atoms with Crippen molar-refractivity contribution in [3.63, 3.8) is 0 Å². The van der Waals surface area contributed by atoms with Crippen molar-refractivity contribution in [1.29, 1.82) is 0 Å². The second kappa shape index (κ2) is 7.54. The second-order valence-electron chi connectivity index (χ2n) is 7.08.